The highest BCUT2D eigenvalue weighted by Crippen LogP contribution is 2.54. The van der Waals surface area contributed by atoms with Crippen LogP contribution in [0.1, 0.15) is 42.6 Å². The molecule has 1 aliphatic carbocycles. The zero-order chi connectivity index (χ0) is 26.5. The molecule has 1 aliphatic heterocycles. The molecule has 0 unspecified atom stereocenters. The summed E-state index contributed by atoms with van der Waals surface area (Å²) in [4.78, 5) is 23.8. The number of rotatable bonds is 11. The molecule has 1 saturated carbocycles. The number of nitrogens with zero attached hydrogens (tertiary/aromatic N) is 3. The molecule has 13 heteroatoms. The first-order chi connectivity index (χ1) is 17.7. The van der Waals surface area contributed by atoms with Crippen molar-refractivity contribution in [3.8, 4) is 11.6 Å². The number of nitrogens with one attached hydrogen (secondary N) is 2. The minimum Gasteiger partial charge on any atom is -0.491 e. The SMILES string of the molecule is COc1ccc(C(=O)Nc2cnc(NSCCO)cc2N2CCC3(CC2)CC3)nc1OCCC(F)(F)F. The van der Waals surface area contributed by atoms with Crippen molar-refractivity contribution in [3.05, 3.63) is 30.1 Å². The van der Waals surface area contributed by atoms with Crippen LogP contribution in [0, 0.1) is 5.41 Å². The lowest BCUT2D eigenvalue weighted by atomic mass is 9.93. The van der Waals surface area contributed by atoms with Gasteiger partial charge < -0.3 is 29.5 Å². The molecule has 0 radical (unpaired) electrons. The minimum atomic E-state index is -4.38. The van der Waals surface area contributed by atoms with Crippen LogP contribution in [0.15, 0.2) is 24.4 Å². The molecule has 9 nitrogen and oxygen atoms in total. The molecule has 1 spiro atoms. The predicted octanol–water partition coefficient (Wildman–Crippen LogP) is 4.50. The quantitative estimate of drug-likeness (QED) is 0.280. The number of hydrogen-bond donors (Lipinski definition) is 3. The lowest BCUT2D eigenvalue weighted by Gasteiger charge is -2.35. The van der Waals surface area contributed by atoms with Crippen molar-refractivity contribution in [1.82, 2.24) is 9.97 Å². The molecule has 2 fully saturated rings. The number of piperidine rings is 1. The van der Waals surface area contributed by atoms with Gasteiger partial charge in [-0.1, -0.05) is 0 Å². The van der Waals surface area contributed by atoms with E-state index in [2.05, 4.69) is 24.9 Å². The number of carbonyl (C=O) groups excluding carboxylic acids is 1. The maximum Gasteiger partial charge on any atom is 0.392 e. The molecular formula is C24H30F3N5O4S. The number of amides is 1. The normalized spacial score (nSPS) is 16.4. The second kappa shape index (κ2) is 11.6. The highest BCUT2D eigenvalue weighted by atomic mass is 32.2. The first kappa shape index (κ1) is 27.1. The van der Waals surface area contributed by atoms with Gasteiger partial charge in [-0.25, -0.2) is 9.97 Å². The Balaban J connectivity index is 1.51. The van der Waals surface area contributed by atoms with Crippen LogP contribution in [0.3, 0.4) is 0 Å². The molecule has 4 rings (SSSR count). The summed E-state index contributed by atoms with van der Waals surface area (Å²) in [6.07, 6.45) is 0.728. The number of anilines is 3. The van der Waals surface area contributed by atoms with Crippen molar-refractivity contribution in [2.24, 2.45) is 5.41 Å². The van der Waals surface area contributed by atoms with Crippen LogP contribution in [0.2, 0.25) is 0 Å². The third-order valence-electron chi connectivity index (χ3n) is 6.52. The Bertz CT molecular complexity index is 1090. The van der Waals surface area contributed by atoms with Crippen molar-refractivity contribution in [1.29, 1.82) is 0 Å². The largest absolute Gasteiger partial charge is 0.491 e. The third kappa shape index (κ3) is 7.31. The van der Waals surface area contributed by atoms with Crippen molar-refractivity contribution in [2.75, 3.05) is 54.1 Å². The molecular weight excluding hydrogens is 511 g/mol. The molecule has 2 aromatic heterocycles. The molecule has 0 aromatic carbocycles. The number of hydrogen-bond acceptors (Lipinski definition) is 9. The molecule has 0 bridgehead atoms. The fourth-order valence-corrected chi connectivity index (χ4v) is 4.64. The molecule has 1 amide bonds. The Morgan fingerprint density at radius 3 is 2.65 bits per heavy atom. The summed E-state index contributed by atoms with van der Waals surface area (Å²) < 4.78 is 50.9. The smallest absolute Gasteiger partial charge is 0.392 e. The van der Waals surface area contributed by atoms with Gasteiger partial charge in [0.25, 0.3) is 11.8 Å². The standard InChI is InChI=1S/C24H30F3N5O4S/c1-35-19-3-2-16(30-22(19)36-12-8-24(25,26)27)21(34)29-17-15-28-20(31-37-13-11-33)14-18(17)32-9-6-23(4-5-23)7-10-32/h2-3,14-15,33H,4-13H2,1H3,(H,28,31)(H,29,34). The Morgan fingerprint density at radius 1 is 1.24 bits per heavy atom. The first-order valence-corrected chi connectivity index (χ1v) is 13.0. The highest BCUT2D eigenvalue weighted by Gasteiger charge is 2.44. The monoisotopic (exact) mass is 541 g/mol. The lowest BCUT2D eigenvalue weighted by molar-refractivity contribution is -0.139. The zero-order valence-corrected chi connectivity index (χ0v) is 21.3. The van der Waals surface area contributed by atoms with Crippen LogP contribution in [0.4, 0.5) is 30.4 Å². The number of methoxy groups -OCH3 is 1. The van der Waals surface area contributed by atoms with E-state index in [0.29, 0.717) is 22.7 Å². The molecule has 0 atom stereocenters. The maximum absolute atomic E-state index is 13.1. The topological polar surface area (TPSA) is 109 Å². The van der Waals surface area contributed by atoms with Crippen LogP contribution in [-0.4, -0.2) is 66.3 Å². The maximum atomic E-state index is 13.1. The summed E-state index contributed by atoms with van der Waals surface area (Å²) in [5, 5.41) is 11.9. The molecule has 37 heavy (non-hydrogen) atoms. The van der Waals surface area contributed by atoms with Crippen LogP contribution >= 0.6 is 11.9 Å². The van der Waals surface area contributed by atoms with Crippen molar-refractivity contribution in [2.45, 2.75) is 38.3 Å². The number of aromatic nitrogens is 2. The summed E-state index contributed by atoms with van der Waals surface area (Å²) >= 11 is 1.33. The van der Waals surface area contributed by atoms with E-state index in [0.717, 1.165) is 31.6 Å². The summed E-state index contributed by atoms with van der Waals surface area (Å²) in [5.41, 5.74) is 1.73. The second-order valence-corrected chi connectivity index (χ2v) is 10.0. The third-order valence-corrected chi connectivity index (χ3v) is 7.26. The van der Waals surface area contributed by atoms with Gasteiger partial charge in [0, 0.05) is 24.9 Å². The van der Waals surface area contributed by atoms with E-state index >= 15 is 0 Å². The fraction of sp³-hybridized carbons (Fsp3) is 0.542. The Kier molecular flexibility index (Phi) is 8.53. The number of alkyl halides is 3. The molecule has 3 N–H and O–H groups in total. The minimum absolute atomic E-state index is 0.0314. The van der Waals surface area contributed by atoms with Crippen LogP contribution in [-0.2, 0) is 0 Å². The van der Waals surface area contributed by atoms with E-state index in [1.54, 1.807) is 6.20 Å². The number of ether oxygens (including phenoxy) is 2. The number of aliphatic hydroxyl groups excluding tert-OH is 1. The van der Waals surface area contributed by atoms with E-state index < -0.39 is 25.1 Å². The van der Waals surface area contributed by atoms with E-state index in [1.807, 2.05) is 6.07 Å². The van der Waals surface area contributed by atoms with Gasteiger partial charge in [0.15, 0.2) is 5.75 Å². The summed E-state index contributed by atoms with van der Waals surface area (Å²) in [6, 6.07) is 4.70. The van der Waals surface area contributed by atoms with Crippen LogP contribution < -0.4 is 24.4 Å². The Hall–Kier alpha value is -2.93. The van der Waals surface area contributed by atoms with Crippen LogP contribution in [0.5, 0.6) is 11.6 Å². The number of pyridine rings is 2. The molecule has 3 heterocycles. The highest BCUT2D eigenvalue weighted by molar-refractivity contribution is 8.00. The van der Waals surface area contributed by atoms with Gasteiger partial charge in [-0.3, -0.25) is 4.79 Å². The first-order valence-electron chi connectivity index (χ1n) is 12.0. The summed E-state index contributed by atoms with van der Waals surface area (Å²) in [6.45, 7) is 1.09. The average Bonchev–Trinajstić information content (AvgIpc) is 3.63. The van der Waals surface area contributed by atoms with E-state index in [-0.39, 0.29) is 23.9 Å². The number of carbonyl (C=O) groups is 1. The molecule has 2 aromatic rings. The molecule has 1 saturated heterocycles. The van der Waals surface area contributed by atoms with Crippen molar-refractivity contribution >= 4 is 35.0 Å². The van der Waals surface area contributed by atoms with Crippen molar-refractivity contribution in [3.63, 3.8) is 0 Å². The predicted molar refractivity (Wildman–Crippen MR) is 135 cm³/mol. The van der Waals surface area contributed by atoms with Gasteiger partial charge in [-0.05, 0) is 55.2 Å². The van der Waals surface area contributed by atoms with Crippen molar-refractivity contribution < 1.29 is 32.5 Å². The summed E-state index contributed by atoms with van der Waals surface area (Å²) in [7, 11) is 1.34. The molecule has 2 aliphatic rings. The van der Waals surface area contributed by atoms with E-state index in [1.165, 1.54) is 44.0 Å². The summed E-state index contributed by atoms with van der Waals surface area (Å²) in [5.74, 6) is 0.472. The number of halogens is 3. The Labute approximate surface area is 217 Å². The molecule has 202 valence electrons. The van der Waals surface area contributed by atoms with Gasteiger partial charge in [-0.15, -0.1) is 0 Å². The second-order valence-electron chi connectivity index (χ2n) is 9.12. The van der Waals surface area contributed by atoms with Gasteiger partial charge in [0.05, 0.1) is 44.3 Å². The lowest BCUT2D eigenvalue weighted by Crippen LogP contribution is -2.35. The number of aliphatic hydroxyl groups is 1. The zero-order valence-electron chi connectivity index (χ0n) is 20.4. The van der Waals surface area contributed by atoms with E-state index in [4.69, 9.17) is 14.6 Å². The van der Waals surface area contributed by atoms with E-state index in [9.17, 15) is 18.0 Å². The van der Waals surface area contributed by atoms with Gasteiger partial charge in [0.2, 0.25) is 0 Å². The van der Waals surface area contributed by atoms with Gasteiger partial charge in [0.1, 0.15) is 11.5 Å². The van der Waals surface area contributed by atoms with Crippen LogP contribution in [0.25, 0.3) is 0 Å². The average molecular weight is 542 g/mol. The van der Waals surface area contributed by atoms with Gasteiger partial charge >= 0.3 is 6.18 Å². The van der Waals surface area contributed by atoms with Gasteiger partial charge in [-0.2, -0.15) is 13.2 Å². The fourth-order valence-electron chi connectivity index (χ4n) is 4.19. The Morgan fingerprint density at radius 2 is 2.00 bits per heavy atom.